The van der Waals surface area contributed by atoms with Crippen LogP contribution in [-0.2, 0) is 20.6 Å². The van der Waals surface area contributed by atoms with E-state index in [9.17, 15) is 37.8 Å². The molecular weight excluding hydrogens is 369 g/mol. The van der Waals surface area contributed by atoms with Gasteiger partial charge in [-0.15, -0.1) is 0 Å². The Labute approximate surface area is 151 Å². The molecule has 2 saturated carbocycles. The zero-order chi connectivity index (χ0) is 20.4. The lowest BCUT2D eigenvalue weighted by Crippen LogP contribution is -2.55. The van der Waals surface area contributed by atoms with Gasteiger partial charge in [0.1, 0.15) is 5.54 Å². The maximum absolute atomic E-state index is 12.8. The predicted octanol–water partition coefficient (Wildman–Crippen LogP) is 1.78. The highest BCUT2D eigenvalue weighted by molar-refractivity contribution is 5.97. The smallest absolute Gasteiger partial charge is 0.416 e. The third-order valence-corrected chi connectivity index (χ3v) is 5.97. The highest BCUT2D eigenvalue weighted by Gasteiger charge is 2.83. The number of carbonyl (C=O) groups is 3. The monoisotopic (exact) mass is 386 g/mol. The van der Waals surface area contributed by atoms with Crippen molar-refractivity contribution in [2.45, 2.75) is 25.1 Å². The van der Waals surface area contributed by atoms with E-state index in [1.165, 1.54) is 13.0 Å². The van der Waals surface area contributed by atoms with E-state index in [1.807, 2.05) is 0 Å². The summed E-state index contributed by atoms with van der Waals surface area (Å²) >= 11 is 0. The topological polar surface area (TPSA) is 130 Å². The van der Waals surface area contributed by atoms with Crippen molar-refractivity contribution in [2.75, 3.05) is 5.32 Å². The quantitative estimate of drug-likeness (QED) is 0.624. The Hall–Kier alpha value is -2.62. The van der Waals surface area contributed by atoms with Gasteiger partial charge in [-0.2, -0.15) is 13.2 Å². The number of hydrogen-bond donors (Lipinski definition) is 4. The maximum Gasteiger partial charge on any atom is 0.416 e. The van der Waals surface area contributed by atoms with Gasteiger partial charge in [0.15, 0.2) is 0 Å². The van der Waals surface area contributed by atoms with E-state index in [2.05, 4.69) is 5.32 Å². The van der Waals surface area contributed by atoms with Gasteiger partial charge in [0.25, 0.3) is 0 Å². The Morgan fingerprint density at radius 2 is 1.89 bits per heavy atom. The first-order valence-electron chi connectivity index (χ1n) is 8.07. The number of benzene rings is 1. The number of nitrogens with two attached hydrogens (primary N) is 1. The van der Waals surface area contributed by atoms with Crippen LogP contribution in [0.2, 0.25) is 0 Å². The van der Waals surface area contributed by atoms with Gasteiger partial charge in [0.05, 0.1) is 11.5 Å². The van der Waals surface area contributed by atoms with Crippen molar-refractivity contribution in [1.29, 1.82) is 0 Å². The van der Waals surface area contributed by atoms with E-state index in [4.69, 9.17) is 5.73 Å². The van der Waals surface area contributed by atoms with Crippen molar-refractivity contribution in [3.05, 3.63) is 29.8 Å². The third kappa shape index (κ3) is 2.66. The van der Waals surface area contributed by atoms with Gasteiger partial charge in [0.2, 0.25) is 5.91 Å². The van der Waals surface area contributed by atoms with Crippen molar-refractivity contribution < 1.29 is 37.8 Å². The number of aliphatic carboxylic acids is 2. The van der Waals surface area contributed by atoms with E-state index in [1.54, 1.807) is 0 Å². The Bertz CT molecular complexity index is 842. The normalized spacial score (nSPS) is 34.6. The summed E-state index contributed by atoms with van der Waals surface area (Å²) < 4.78 is 38.4. The number of carboxylic acid groups (broad SMARTS) is 2. The fourth-order valence-electron chi connectivity index (χ4n) is 4.46. The SMILES string of the molecule is C[C@@]12[C@@H]([C@@H](C(=O)Nc3cccc(C(F)(F)F)c3)C[C@]1(N)C(=O)O)[C@H]2C(=O)O. The van der Waals surface area contributed by atoms with E-state index in [0.29, 0.717) is 0 Å². The Kier molecular flexibility index (Phi) is 4.03. The number of hydrogen-bond acceptors (Lipinski definition) is 4. The van der Waals surface area contributed by atoms with Crippen LogP contribution in [0.25, 0.3) is 0 Å². The van der Waals surface area contributed by atoms with Crippen LogP contribution in [0.3, 0.4) is 0 Å². The number of nitrogens with one attached hydrogen (secondary N) is 1. The molecule has 1 aromatic carbocycles. The Balaban J connectivity index is 1.86. The molecule has 0 bridgehead atoms. The van der Waals surface area contributed by atoms with E-state index >= 15 is 0 Å². The number of carbonyl (C=O) groups excluding carboxylic acids is 1. The summed E-state index contributed by atoms with van der Waals surface area (Å²) in [7, 11) is 0. The highest BCUT2D eigenvalue weighted by Crippen LogP contribution is 2.73. The summed E-state index contributed by atoms with van der Waals surface area (Å²) in [6.07, 6.45) is -4.88. The van der Waals surface area contributed by atoms with Crippen molar-refractivity contribution >= 4 is 23.5 Å². The molecule has 0 aliphatic heterocycles. The zero-order valence-corrected chi connectivity index (χ0v) is 14.1. The molecule has 3 rings (SSSR count). The lowest BCUT2D eigenvalue weighted by atomic mass is 9.80. The first kappa shape index (κ1) is 19.2. The summed E-state index contributed by atoms with van der Waals surface area (Å²) in [6, 6.07) is 3.98. The van der Waals surface area contributed by atoms with Crippen LogP contribution < -0.4 is 11.1 Å². The molecule has 2 fully saturated rings. The standard InChI is InChI=1S/C17H17F3N2O5/c1-15-10(11(15)13(24)25)9(6-16(15,21)14(26)27)12(23)22-8-4-2-3-7(5-8)17(18,19)20/h2-5,9-11H,6,21H2,1H3,(H,22,23)(H,24,25)(H,26,27)/t9-,10-,11-,15-,16-/m0/s1. The van der Waals surface area contributed by atoms with E-state index in [0.717, 1.165) is 18.2 Å². The minimum absolute atomic E-state index is 0.117. The molecule has 5 atom stereocenters. The van der Waals surface area contributed by atoms with Crippen LogP contribution in [0.15, 0.2) is 24.3 Å². The maximum atomic E-state index is 12.8. The molecule has 0 unspecified atom stereocenters. The molecule has 10 heteroatoms. The van der Waals surface area contributed by atoms with Gasteiger partial charge in [0, 0.05) is 17.0 Å². The third-order valence-electron chi connectivity index (χ3n) is 5.97. The molecule has 1 amide bonds. The van der Waals surface area contributed by atoms with Crippen LogP contribution in [0.5, 0.6) is 0 Å². The molecule has 0 aromatic heterocycles. The first-order chi connectivity index (χ1) is 12.3. The number of fused-ring (bicyclic) bond motifs is 1. The molecule has 0 heterocycles. The molecule has 2 aliphatic rings. The zero-order valence-electron chi connectivity index (χ0n) is 14.1. The van der Waals surface area contributed by atoms with Crippen LogP contribution >= 0.6 is 0 Å². The minimum atomic E-state index is -4.59. The summed E-state index contributed by atoms with van der Waals surface area (Å²) in [4.78, 5) is 35.7. The number of rotatable bonds is 4. The molecular formula is C17H17F3N2O5. The fraction of sp³-hybridized carbons (Fsp3) is 0.471. The van der Waals surface area contributed by atoms with Crippen molar-refractivity contribution in [1.82, 2.24) is 0 Å². The predicted molar refractivity (Wildman–Crippen MR) is 85.5 cm³/mol. The largest absolute Gasteiger partial charge is 0.481 e. The fourth-order valence-corrected chi connectivity index (χ4v) is 4.46. The molecule has 0 spiro atoms. The van der Waals surface area contributed by atoms with Crippen LogP contribution in [-0.4, -0.2) is 33.6 Å². The number of alkyl halides is 3. The molecule has 1 aromatic rings. The second-order valence-corrected chi connectivity index (χ2v) is 7.28. The van der Waals surface area contributed by atoms with Gasteiger partial charge < -0.3 is 21.3 Å². The molecule has 0 saturated heterocycles. The molecule has 27 heavy (non-hydrogen) atoms. The molecule has 146 valence electrons. The summed E-state index contributed by atoms with van der Waals surface area (Å²) in [5.74, 6) is -6.36. The lowest BCUT2D eigenvalue weighted by molar-refractivity contribution is -0.148. The summed E-state index contributed by atoms with van der Waals surface area (Å²) in [5, 5.41) is 21.1. The van der Waals surface area contributed by atoms with E-state index < -0.39 is 58.3 Å². The van der Waals surface area contributed by atoms with Crippen LogP contribution in [0, 0.1) is 23.2 Å². The van der Waals surface area contributed by atoms with Crippen LogP contribution in [0.1, 0.15) is 18.9 Å². The average molecular weight is 386 g/mol. The molecule has 7 nitrogen and oxygen atoms in total. The van der Waals surface area contributed by atoms with Gasteiger partial charge in [-0.25, -0.2) is 0 Å². The van der Waals surface area contributed by atoms with Crippen molar-refractivity contribution in [3.63, 3.8) is 0 Å². The molecule has 2 aliphatic carbocycles. The Morgan fingerprint density at radius 3 is 2.41 bits per heavy atom. The molecule has 5 N–H and O–H groups in total. The van der Waals surface area contributed by atoms with Gasteiger partial charge in [-0.05, 0) is 30.5 Å². The average Bonchev–Trinajstić information content (AvgIpc) is 3.11. The lowest BCUT2D eigenvalue weighted by Gasteiger charge is -2.29. The minimum Gasteiger partial charge on any atom is -0.481 e. The number of amides is 1. The van der Waals surface area contributed by atoms with Gasteiger partial charge >= 0.3 is 18.1 Å². The van der Waals surface area contributed by atoms with Crippen molar-refractivity contribution in [2.24, 2.45) is 28.9 Å². The number of anilines is 1. The Morgan fingerprint density at radius 1 is 1.26 bits per heavy atom. The number of carboxylic acids is 2. The van der Waals surface area contributed by atoms with Crippen LogP contribution in [0.4, 0.5) is 18.9 Å². The first-order valence-corrected chi connectivity index (χ1v) is 8.07. The number of halogens is 3. The second kappa shape index (κ2) is 5.69. The summed E-state index contributed by atoms with van der Waals surface area (Å²) in [5.41, 5.74) is 1.68. The second-order valence-electron chi connectivity index (χ2n) is 7.28. The van der Waals surface area contributed by atoms with E-state index in [-0.39, 0.29) is 12.1 Å². The van der Waals surface area contributed by atoms with Crippen molar-refractivity contribution in [3.8, 4) is 0 Å². The molecule has 0 radical (unpaired) electrons. The van der Waals surface area contributed by atoms with Gasteiger partial charge in [-0.1, -0.05) is 13.0 Å². The van der Waals surface area contributed by atoms with Gasteiger partial charge in [-0.3, -0.25) is 14.4 Å². The highest BCUT2D eigenvalue weighted by atomic mass is 19.4. The summed E-state index contributed by atoms with van der Waals surface area (Å²) in [6.45, 7) is 1.42.